The van der Waals surface area contributed by atoms with E-state index in [1.807, 2.05) is 26.0 Å². The summed E-state index contributed by atoms with van der Waals surface area (Å²) in [6, 6.07) is 8.46. The van der Waals surface area contributed by atoms with Crippen molar-refractivity contribution in [3.8, 4) is 5.75 Å². The largest absolute Gasteiger partial charge is 0.483 e. The molecule has 16 heavy (non-hydrogen) atoms. The minimum absolute atomic E-state index is 0.244. The zero-order valence-corrected chi connectivity index (χ0v) is 9.29. The second-order valence-electron chi connectivity index (χ2n) is 3.73. The lowest BCUT2D eigenvalue weighted by Crippen LogP contribution is -1.96. The van der Waals surface area contributed by atoms with E-state index in [9.17, 15) is 4.39 Å². The highest BCUT2D eigenvalue weighted by molar-refractivity contribution is 5.29. The first-order valence-electron chi connectivity index (χ1n) is 5.09. The molecule has 1 aromatic heterocycles. The highest BCUT2D eigenvalue weighted by Gasteiger charge is 2.05. The highest BCUT2D eigenvalue weighted by atomic mass is 19.1. The van der Waals surface area contributed by atoms with Crippen LogP contribution in [0.3, 0.4) is 0 Å². The SMILES string of the molecule is Cc1ccc(F)c(OCc2ccc(C)o2)c1. The topological polar surface area (TPSA) is 22.4 Å². The van der Waals surface area contributed by atoms with Crippen LogP contribution in [-0.4, -0.2) is 0 Å². The summed E-state index contributed by atoms with van der Waals surface area (Å²) in [4.78, 5) is 0. The molecule has 0 radical (unpaired) electrons. The summed E-state index contributed by atoms with van der Waals surface area (Å²) in [5.74, 6) is 1.42. The Morgan fingerprint density at radius 2 is 2.00 bits per heavy atom. The van der Waals surface area contributed by atoms with Crippen LogP contribution in [0.15, 0.2) is 34.7 Å². The zero-order valence-electron chi connectivity index (χ0n) is 9.29. The third-order valence-electron chi connectivity index (χ3n) is 2.25. The van der Waals surface area contributed by atoms with Crippen molar-refractivity contribution < 1.29 is 13.5 Å². The van der Waals surface area contributed by atoms with Crippen molar-refractivity contribution in [2.45, 2.75) is 20.5 Å². The van der Waals surface area contributed by atoms with E-state index in [-0.39, 0.29) is 18.2 Å². The van der Waals surface area contributed by atoms with Crippen molar-refractivity contribution in [3.05, 3.63) is 53.2 Å². The predicted molar refractivity (Wildman–Crippen MR) is 58.9 cm³/mol. The average Bonchev–Trinajstić information content (AvgIpc) is 2.66. The van der Waals surface area contributed by atoms with Gasteiger partial charge in [0.1, 0.15) is 18.1 Å². The number of furan rings is 1. The Morgan fingerprint density at radius 3 is 2.69 bits per heavy atom. The van der Waals surface area contributed by atoms with E-state index >= 15 is 0 Å². The fourth-order valence-electron chi connectivity index (χ4n) is 1.43. The molecule has 2 aromatic rings. The predicted octanol–water partition coefficient (Wildman–Crippen LogP) is 3.61. The molecule has 84 valence electrons. The van der Waals surface area contributed by atoms with Crippen molar-refractivity contribution >= 4 is 0 Å². The van der Waals surface area contributed by atoms with Crippen LogP contribution in [0.1, 0.15) is 17.1 Å². The molecule has 3 heteroatoms. The molecule has 0 aliphatic carbocycles. The average molecular weight is 220 g/mol. The summed E-state index contributed by atoms with van der Waals surface area (Å²) in [5.41, 5.74) is 0.965. The number of ether oxygens (including phenoxy) is 1. The second-order valence-corrected chi connectivity index (χ2v) is 3.73. The standard InChI is InChI=1S/C13H13FO2/c1-9-3-6-12(14)13(7-9)15-8-11-5-4-10(2)16-11/h3-7H,8H2,1-2H3. The molecular weight excluding hydrogens is 207 g/mol. The van der Waals surface area contributed by atoms with E-state index in [1.54, 1.807) is 12.1 Å². The van der Waals surface area contributed by atoms with E-state index in [0.29, 0.717) is 5.76 Å². The van der Waals surface area contributed by atoms with Gasteiger partial charge in [0.05, 0.1) is 0 Å². The van der Waals surface area contributed by atoms with Crippen LogP contribution in [0, 0.1) is 19.7 Å². The third-order valence-corrected chi connectivity index (χ3v) is 2.25. The zero-order chi connectivity index (χ0) is 11.5. The van der Waals surface area contributed by atoms with Gasteiger partial charge in [-0.1, -0.05) is 6.07 Å². The van der Waals surface area contributed by atoms with Crippen LogP contribution in [-0.2, 0) is 6.61 Å². The first-order valence-corrected chi connectivity index (χ1v) is 5.09. The van der Waals surface area contributed by atoms with E-state index in [0.717, 1.165) is 11.3 Å². The first kappa shape index (κ1) is 10.7. The van der Waals surface area contributed by atoms with Gasteiger partial charge in [0, 0.05) is 0 Å². The van der Waals surface area contributed by atoms with Crippen LogP contribution in [0.4, 0.5) is 4.39 Å². The first-order chi connectivity index (χ1) is 7.65. The minimum Gasteiger partial charge on any atom is -0.483 e. The monoisotopic (exact) mass is 220 g/mol. The van der Waals surface area contributed by atoms with Gasteiger partial charge in [-0.05, 0) is 43.7 Å². The molecule has 0 fully saturated rings. The number of hydrogen-bond donors (Lipinski definition) is 0. The van der Waals surface area contributed by atoms with Crippen LogP contribution < -0.4 is 4.74 Å². The molecule has 1 heterocycles. The van der Waals surface area contributed by atoms with Gasteiger partial charge < -0.3 is 9.15 Å². The van der Waals surface area contributed by atoms with Gasteiger partial charge in [0.25, 0.3) is 0 Å². The van der Waals surface area contributed by atoms with Gasteiger partial charge >= 0.3 is 0 Å². The molecule has 0 N–H and O–H groups in total. The van der Waals surface area contributed by atoms with Gasteiger partial charge in [0.15, 0.2) is 11.6 Å². The second kappa shape index (κ2) is 4.39. The number of aryl methyl sites for hydroxylation is 2. The van der Waals surface area contributed by atoms with Crippen molar-refractivity contribution in [2.24, 2.45) is 0 Å². The summed E-state index contributed by atoms with van der Waals surface area (Å²) in [6.45, 7) is 3.99. The molecular formula is C13H13FO2. The van der Waals surface area contributed by atoms with Gasteiger partial charge in [-0.3, -0.25) is 0 Å². The maximum atomic E-state index is 13.3. The Hall–Kier alpha value is -1.77. The maximum Gasteiger partial charge on any atom is 0.165 e. The Balaban J connectivity index is 2.07. The van der Waals surface area contributed by atoms with E-state index < -0.39 is 0 Å². The number of halogens is 1. The molecule has 0 bridgehead atoms. The molecule has 0 amide bonds. The van der Waals surface area contributed by atoms with Crippen molar-refractivity contribution in [3.63, 3.8) is 0 Å². The lowest BCUT2D eigenvalue weighted by Gasteiger charge is -2.06. The molecule has 0 saturated carbocycles. The third kappa shape index (κ3) is 2.42. The molecule has 0 spiro atoms. The molecule has 0 aliphatic heterocycles. The molecule has 2 rings (SSSR count). The van der Waals surface area contributed by atoms with Gasteiger partial charge in [-0.25, -0.2) is 4.39 Å². The molecule has 0 unspecified atom stereocenters. The number of hydrogen-bond acceptors (Lipinski definition) is 2. The quantitative estimate of drug-likeness (QED) is 0.788. The summed E-state index contributed by atoms with van der Waals surface area (Å²) >= 11 is 0. The van der Waals surface area contributed by atoms with Crippen LogP contribution in [0.2, 0.25) is 0 Å². The van der Waals surface area contributed by atoms with E-state index in [4.69, 9.17) is 9.15 Å². The van der Waals surface area contributed by atoms with Crippen molar-refractivity contribution in [1.29, 1.82) is 0 Å². The minimum atomic E-state index is -0.353. The molecule has 1 aromatic carbocycles. The van der Waals surface area contributed by atoms with E-state index in [1.165, 1.54) is 6.07 Å². The maximum absolute atomic E-state index is 13.3. The van der Waals surface area contributed by atoms with Gasteiger partial charge in [-0.2, -0.15) is 0 Å². The number of benzene rings is 1. The Bertz CT molecular complexity index is 488. The van der Waals surface area contributed by atoms with Crippen LogP contribution in [0.5, 0.6) is 5.75 Å². The molecule has 2 nitrogen and oxygen atoms in total. The van der Waals surface area contributed by atoms with E-state index in [2.05, 4.69) is 0 Å². The highest BCUT2D eigenvalue weighted by Crippen LogP contribution is 2.20. The molecule has 0 saturated heterocycles. The Kier molecular flexibility index (Phi) is 2.95. The fourth-order valence-corrected chi connectivity index (χ4v) is 1.43. The van der Waals surface area contributed by atoms with Crippen LogP contribution in [0.25, 0.3) is 0 Å². The van der Waals surface area contributed by atoms with Gasteiger partial charge in [-0.15, -0.1) is 0 Å². The van der Waals surface area contributed by atoms with Crippen LogP contribution >= 0.6 is 0 Å². The lowest BCUT2D eigenvalue weighted by molar-refractivity contribution is 0.256. The summed E-state index contributed by atoms with van der Waals surface area (Å²) in [6.07, 6.45) is 0. The fraction of sp³-hybridized carbons (Fsp3) is 0.231. The van der Waals surface area contributed by atoms with Gasteiger partial charge in [0.2, 0.25) is 0 Å². The number of rotatable bonds is 3. The summed E-state index contributed by atoms with van der Waals surface area (Å²) < 4.78 is 24.0. The Morgan fingerprint density at radius 1 is 1.19 bits per heavy atom. The van der Waals surface area contributed by atoms with Crippen molar-refractivity contribution in [1.82, 2.24) is 0 Å². The van der Waals surface area contributed by atoms with Crippen molar-refractivity contribution in [2.75, 3.05) is 0 Å². The Labute approximate surface area is 93.7 Å². The molecule has 0 atom stereocenters. The summed E-state index contributed by atoms with van der Waals surface area (Å²) in [7, 11) is 0. The lowest BCUT2D eigenvalue weighted by atomic mass is 10.2. The summed E-state index contributed by atoms with van der Waals surface area (Å²) in [5, 5.41) is 0. The molecule has 0 aliphatic rings. The normalized spacial score (nSPS) is 10.4. The smallest absolute Gasteiger partial charge is 0.165 e.